The van der Waals surface area contributed by atoms with Crippen LogP contribution in [-0.2, 0) is 0 Å². The molecule has 2 aromatic rings. The zero-order valence-electron chi connectivity index (χ0n) is 9.32. The third kappa shape index (κ3) is 2.42. The molecule has 0 bridgehead atoms. The van der Waals surface area contributed by atoms with Crippen molar-refractivity contribution in [3.63, 3.8) is 0 Å². The highest BCUT2D eigenvalue weighted by Gasteiger charge is 2.12. The summed E-state index contributed by atoms with van der Waals surface area (Å²) in [5.74, 6) is -0.324. The number of para-hydroxylation sites is 1. The highest BCUT2D eigenvalue weighted by Crippen LogP contribution is 2.31. The quantitative estimate of drug-likeness (QED) is 0.850. The van der Waals surface area contributed by atoms with Crippen molar-refractivity contribution in [2.24, 2.45) is 0 Å². The zero-order valence-corrected chi connectivity index (χ0v) is 10.9. The summed E-state index contributed by atoms with van der Waals surface area (Å²) >= 11 is 3.36. The molecule has 0 fully saturated rings. The van der Waals surface area contributed by atoms with Crippen LogP contribution in [0.2, 0.25) is 0 Å². The van der Waals surface area contributed by atoms with Crippen LogP contribution in [0.4, 0.5) is 21.5 Å². The monoisotopic (exact) mass is 294 g/mol. The van der Waals surface area contributed by atoms with E-state index in [9.17, 15) is 4.39 Å². The van der Waals surface area contributed by atoms with Gasteiger partial charge in [0.2, 0.25) is 0 Å². The molecule has 2 rings (SSSR count). The molecule has 0 heterocycles. The number of nitrogens with zero attached hydrogens (tertiary/aromatic N) is 1. The number of rotatable bonds is 2. The Kier molecular flexibility index (Phi) is 3.33. The Labute approximate surface area is 108 Å². The molecule has 2 N–H and O–H groups in total. The van der Waals surface area contributed by atoms with Crippen LogP contribution in [0, 0.1) is 5.82 Å². The van der Waals surface area contributed by atoms with Crippen molar-refractivity contribution >= 4 is 33.0 Å². The number of hydrogen-bond donors (Lipinski definition) is 1. The SMILES string of the molecule is CN(c1ccc(Br)cc1)c1c(N)cccc1F. The number of nitrogen functional groups attached to an aromatic ring is 1. The highest BCUT2D eigenvalue weighted by atomic mass is 79.9. The van der Waals surface area contributed by atoms with Crippen LogP contribution in [0.15, 0.2) is 46.9 Å². The Morgan fingerprint density at radius 1 is 1.12 bits per heavy atom. The van der Waals surface area contributed by atoms with E-state index in [1.54, 1.807) is 24.1 Å². The van der Waals surface area contributed by atoms with Crippen LogP contribution in [0.5, 0.6) is 0 Å². The molecule has 0 radical (unpaired) electrons. The molecule has 17 heavy (non-hydrogen) atoms. The summed E-state index contributed by atoms with van der Waals surface area (Å²) in [6, 6.07) is 12.3. The summed E-state index contributed by atoms with van der Waals surface area (Å²) in [7, 11) is 1.79. The topological polar surface area (TPSA) is 29.3 Å². The largest absolute Gasteiger partial charge is 0.397 e. The summed E-state index contributed by atoms with van der Waals surface area (Å²) in [4.78, 5) is 1.73. The van der Waals surface area contributed by atoms with Crippen LogP contribution >= 0.6 is 15.9 Å². The van der Waals surface area contributed by atoms with Crippen molar-refractivity contribution < 1.29 is 4.39 Å². The average Bonchev–Trinajstić information content (AvgIpc) is 2.29. The third-order valence-electron chi connectivity index (χ3n) is 2.57. The molecule has 0 aromatic heterocycles. The molecule has 4 heteroatoms. The van der Waals surface area contributed by atoms with Gasteiger partial charge in [-0.1, -0.05) is 22.0 Å². The standard InChI is InChI=1S/C13H12BrFN2/c1-17(10-7-5-9(14)6-8-10)13-11(15)3-2-4-12(13)16/h2-8H,16H2,1H3. The Morgan fingerprint density at radius 3 is 2.35 bits per heavy atom. The maximum absolute atomic E-state index is 13.7. The summed E-state index contributed by atoms with van der Waals surface area (Å²) in [6.07, 6.45) is 0. The molecule has 88 valence electrons. The highest BCUT2D eigenvalue weighted by molar-refractivity contribution is 9.10. The van der Waals surface area contributed by atoms with Crippen molar-refractivity contribution in [3.8, 4) is 0 Å². The lowest BCUT2D eigenvalue weighted by Crippen LogP contribution is -2.13. The van der Waals surface area contributed by atoms with Gasteiger partial charge in [0.15, 0.2) is 0 Å². The number of nitrogens with two attached hydrogens (primary N) is 1. The molecule has 0 saturated heterocycles. The van der Waals surface area contributed by atoms with E-state index < -0.39 is 0 Å². The van der Waals surface area contributed by atoms with E-state index >= 15 is 0 Å². The molecule has 0 atom stereocenters. The molecule has 0 saturated carbocycles. The van der Waals surface area contributed by atoms with E-state index in [-0.39, 0.29) is 5.82 Å². The van der Waals surface area contributed by atoms with Crippen molar-refractivity contribution in [1.29, 1.82) is 0 Å². The number of hydrogen-bond acceptors (Lipinski definition) is 2. The average molecular weight is 295 g/mol. The fourth-order valence-electron chi connectivity index (χ4n) is 1.68. The van der Waals surface area contributed by atoms with Gasteiger partial charge in [0.25, 0.3) is 0 Å². The maximum Gasteiger partial charge on any atom is 0.148 e. The van der Waals surface area contributed by atoms with E-state index in [2.05, 4.69) is 15.9 Å². The minimum Gasteiger partial charge on any atom is -0.397 e. The lowest BCUT2D eigenvalue weighted by Gasteiger charge is -2.21. The number of halogens is 2. The molecule has 0 aliphatic rings. The molecular formula is C13H12BrFN2. The molecule has 0 unspecified atom stereocenters. The van der Waals surface area contributed by atoms with Crippen molar-refractivity contribution in [2.75, 3.05) is 17.7 Å². The fourth-order valence-corrected chi connectivity index (χ4v) is 1.94. The van der Waals surface area contributed by atoms with Crippen LogP contribution in [0.1, 0.15) is 0 Å². The van der Waals surface area contributed by atoms with Gasteiger partial charge in [-0.15, -0.1) is 0 Å². The normalized spacial score (nSPS) is 10.3. The second-order valence-electron chi connectivity index (χ2n) is 3.71. The number of benzene rings is 2. The van der Waals surface area contributed by atoms with Gasteiger partial charge in [0, 0.05) is 17.2 Å². The molecule has 2 aromatic carbocycles. The summed E-state index contributed by atoms with van der Waals surface area (Å²) < 4.78 is 14.7. The minimum atomic E-state index is -0.324. The minimum absolute atomic E-state index is 0.324. The molecule has 2 nitrogen and oxygen atoms in total. The van der Waals surface area contributed by atoms with Crippen molar-refractivity contribution in [3.05, 3.63) is 52.8 Å². The van der Waals surface area contributed by atoms with Crippen LogP contribution in [0.25, 0.3) is 0 Å². The summed E-state index contributed by atoms with van der Waals surface area (Å²) in [6.45, 7) is 0. The van der Waals surface area contributed by atoms with E-state index in [4.69, 9.17) is 5.73 Å². The molecule has 0 amide bonds. The smallest absolute Gasteiger partial charge is 0.148 e. The summed E-state index contributed by atoms with van der Waals surface area (Å²) in [5.41, 5.74) is 7.50. The van der Waals surface area contributed by atoms with Gasteiger partial charge < -0.3 is 10.6 Å². The van der Waals surface area contributed by atoms with E-state index in [1.807, 2.05) is 24.3 Å². The van der Waals surface area contributed by atoms with E-state index in [0.29, 0.717) is 11.4 Å². The van der Waals surface area contributed by atoms with Gasteiger partial charge in [-0.3, -0.25) is 0 Å². The molecule has 0 aliphatic heterocycles. The maximum atomic E-state index is 13.7. The first-order valence-corrected chi connectivity index (χ1v) is 5.92. The Balaban J connectivity index is 2.43. The van der Waals surface area contributed by atoms with Crippen LogP contribution < -0.4 is 10.6 Å². The first-order valence-electron chi connectivity index (χ1n) is 5.13. The van der Waals surface area contributed by atoms with Gasteiger partial charge >= 0.3 is 0 Å². The van der Waals surface area contributed by atoms with Crippen LogP contribution in [0.3, 0.4) is 0 Å². The van der Waals surface area contributed by atoms with Gasteiger partial charge in [-0.2, -0.15) is 0 Å². The molecule has 0 spiro atoms. The molecular weight excluding hydrogens is 283 g/mol. The van der Waals surface area contributed by atoms with Gasteiger partial charge in [0.1, 0.15) is 11.5 Å². The fraction of sp³-hybridized carbons (Fsp3) is 0.0769. The first-order chi connectivity index (χ1) is 8.09. The second-order valence-corrected chi connectivity index (χ2v) is 4.63. The second kappa shape index (κ2) is 4.75. The summed E-state index contributed by atoms with van der Waals surface area (Å²) in [5, 5.41) is 0. The van der Waals surface area contributed by atoms with E-state index in [0.717, 1.165) is 10.2 Å². The van der Waals surface area contributed by atoms with Crippen molar-refractivity contribution in [1.82, 2.24) is 0 Å². The van der Waals surface area contributed by atoms with Gasteiger partial charge in [0.05, 0.1) is 5.69 Å². The van der Waals surface area contributed by atoms with E-state index in [1.165, 1.54) is 6.07 Å². The zero-order chi connectivity index (χ0) is 12.4. The first kappa shape index (κ1) is 11.9. The number of anilines is 3. The van der Waals surface area contributed by atoms with Crippen molar-refractivity contribution in [2.45, 2.75) is 0 Å². The predicted octanol–water partition coefficient (Wildman–Crippen LogP) is 3.94. The third-order valence-corrected chi connectivity index (χ3v) is 3.10. The molecule has 0 aliphatic carbocycles. The van der Waals surface area contributed by atoms with Gasteiger partial charge in [-0.05, 0) is 36.4 Å². The Hall–Kier alpha value is -1.55. The lowest BCUT2D eigenvalue weighted by molar-refractivity contribution is 0.628. The Morgan fingerprint density at radius 2 is 1.76 bits per heavy atom. The predicted molar refractivity (Wildman–Crippen MR) is 73.0 cm³/mol. The Bertz CT molecular complexity index is 505. The lowest BCUT2D eigenvalue weighted by atomic mass is 10.2. The van der Waals surface area contributed by atoms with Crippen LogP contribution in [-0.4, -0.2) is 7.05 Å². The van der Waals surface area contributed by atoms with Gasteiger partial charge in [-0.25, -0.2) is 4.39 Å².